The molecule has 0 N–H and O–H groups in total. The summed E-state index contributed by atoms with van der Waals surface area (Å²) in [6, 6.07) is 0. The number of nitrogens with zero attached hydrogens (tertiary/aromatic N) is 4. The summed E-state index contributed by atoms with van der Waals surface area (Å²) in [5.74, 6) is 0.168. The van der Waals surface area contributed by atoms with E-state index in [-0.39, 0.29) is 37.3 Å². The molecule has 12 nitrogen and oxygen atoms in total. The van der Waals surface area contributed by atoms with Gasteiger partial charge in [0.05, 0.1) is 13.2 Å². The van der Waals surface area contributed by atoms with Crippen LogP contribution < -0.4 is 0 Å². The van der Waals surface area contributed by atoms with Crippen LogP contribution in [0.4, 0.5) is 9.59 Å². The standard InChI is InChI=1S/C58H114N4O8/c1-8-15-20-23-26-33-42-61(44-35-31-40-55(63)67-50-37-28-25-22-17-10-3)57(65)68-51-48-60(47-46-59(13-6)14-7)49-52-69-58(66)62(43-34-27-24-21-16-9-2)45-36-32-41-56(64)70-53-54(38-29-18-11-4)39-30-19-12-5/h54H,8-53H2,1-7H3. The van der Waals surface area contributed by atoms with Crippen molar-refractivity contribution >= 4 is 24.1 Å². The van der Waals surface area contributed by atoms with Crippen molar-refractivity contribution in [2.24, 2.45) is 5.92 Å². The molecule has 0 aliphatic rings. The van der Waals surface area contributed by atoms with Gasteiger partial charge >= 0.3 is 24.1 Å². The maximum absolute atomic E-state index is 13.6. The second kappa shape index (κ2) is 51.3. The van der Waals surface area contributed by atoms with Crippen LogP contribution in [-0.4, -0.2) is 136 Å². The average molecular weight is 996 g/mol. The zero-order valence-corrected chi connectivity index (χ0v) is 47.2. The highest BCUT2D eigenvalue weighted by Gasteiger charge is 2.19. The summed E-state index contributed by atoms with van der Waals surface area (Å²) in [6.45, 7) is 23.9. The highest BCUT2D eigenvalue weighted by molar-refractivity contribution is 5.70. The Morgan fingerprint density at radius 2 is 0.686 bits per heavy atom. The third-order valence-electron chi connectivity index (χ3n) is 13.8. The number of amides is 2. The Labute approximate surface area is 432 Å². The molecule has 0 spiro atoms. The summed E-state index contributed by atoms with van der Waals surface area (Å²) in [7, 11) is 0. The Kier molecular flexibility index (Phi) is 49.4. The average Bonchev–Trinajstić information content (AvgIpc) is 3.36. The minimum Gasteiger partial charge on any atom is -0.466 e. The molecule has 0 saturated carbocycles. The van der Waals surface area contributed by atoms with Gasteiger partial charge < -0.3 is 33.6 Å². The molecule has 0 unspecified atom stereocenters. The topological polar surface area (TPSA) is 118 Å². The molecule has 0 rings (SSSR count). The van der Waals surface area contributed by atoms with E-state index < -0.39 is 0 Å². The number of ether oxygens (including phenoxy) is 4. The number of unbranched alkanes of at least 4 members (excludes halogenated alkanes) is 21. The van der Waals surface area contributed by atoms with Crippen LogP contribution in [0.5, 0.6) is 0 Å². The van der Waals surface area contributed by atoms with Gasteiger partial charge in [0.1, 0.15) is 13.2 Å². The Morgan fingerprint density at radius 1 is 0.329 bits per heavy atom. The number of carbonyl (C=O) groups is 4. The Morgan fingerprint density at radius 3 is 1.11 bits per heavy atom. The van der Waals surface area contributed by atoms with Crippen LogP contribution >= 0.6 is 0 Å². The number of rotatable bonds is 52. The molecule has 0 aromatic rings. The van der Waals surface area contributed by atoms with Crippen molar-refractivity contribution in [3.8, 4) is 0 Å². The molecule has 0 aliphatic carbocycles. The SMILES string of the molecule is CCCCCCCCOC(=O)CCCCN(CCCCCCCC)C(=O)OCCN(CCOC(=O)N(CCCCCCCC)CCCCC(=O)OCC(CCCCC)CCCCC)CCN(CC)CC. The lowest BCUT2D eigenvalue weighted by molar-refractivity contribution is -0.145. The van der Waals surface area contributed by atoms with Crippen molar-refractivity contribution in [1.29, 1.82) is 0 Å². The number of carbonyl (C=O) groups excluding carboxylic acids is 4. The Balaban J connectivity index is 5.37. The quantitative estimate of drug-likeness (QED) is 0.0331. The molecular formula is C58H114N4O8. The van der Waals surface area contributed by atoms with Crippen LogP contribution in [-0.2, 0) is 28.5 Å². The molecule has 0 saturated heterocycles. The Bertz CT molecular complexity index is 1180. The maximum Gasteiger partial charge on any atom is 0.409 e. The second-order valence-corrected chi connectivity index (χ2v) is 20.0. The third-order valence-corrected chi connectivity index (χ3v) is 13.8. The van der Waals surface area contributed by atoms with Gasteiger partial charge in [-0.25, -0.2) is 9.59 Å². The molecule has 0 fully saturated rings. The lowest BCUT2D eigenvalue weighted by Crippen LogP contribution is -2.41. The largest absolute Gasteiger partial charge is 0.466 e. The normalized spacial score (nSPS) is 11.5. The predicted molar refractivity (Wildman–Crippen MR) is 292 cm³/mol. The number of esters is 2. The molecule has 2 amide bonds. The fraction of sp³-hybridized carbons (Fsp3) is 0.931. The van der Waals surface area contributed by atoms with Crippen molar-refractivity contribution in [1.82, 2.24) is 19.6 Å². The molecular weight excluding hydrogens is 881 g/mol. The van der Waals surface area contributed by atoms with Crippen molar-refractivity contribution in [3.63, 3.8) is 0 Å². The minimum absolute atomic E-state index is 0.130. The van der Waals surface area contributed by atoms with Crippen molar-refractivity contribution in [2.75, 3.05) is 91.9 Å². The molecule has 0 bridgehead atoms. The molecule has 0 aromatic heterocycles. The van der Waals surface area contributed by atoms with E-state index in [9.17, 15) is 19.2 Å². The van der Waals surface area contributed by atoms with Gasteiger partial charge in [-0.1, -0.05) is 183 Å². The highest BCUT2D eigenvalue weighted by atomic mass is 16.6. The van der Waals surface area contributed by atoms with Crippen LogP contribution in [0.3, 0.4) is 0 Å². The smallest absolute Gasteiger partial charge is 0.409 e. The number of hydrogen-bond acceptors (Lipinski definition) is 10. The van der Waals surface area contributed by atoms with Gasteiger partial charge in [-0.05, 0) is 76.8 Å². The van der Waals surface area contributed by atoms with Gasteiger partial charge in [0.15, 0.2) is 0 Å². The monoisotopic (exact) mass is 995 g/mol. The van der Waals surface area contributed by atoms with E-state index in [1.54, 1.807) is 0 Å². The van der Waals surface area contributed by atoms with Gasteiger partial charge in [-0.2, -0.15) is 0 Å². The highest BCUT2D eigenvalue weighted by Crippen LogP contribution is 2.19. The van der Waals surface area contributed by atoms with Crippen LogP contribution in [0.25, 0.3) is 0 Å². The van der Waals surface area contributed by atoms with Crippen molar-refractivity contribution < 1.29 is 38.1 Å². The summed E-state index contributed by atoms with van der Waals surface area (Å²) in [5, 5.41) is 0. The summed E-state index contributed by atoms with van der Waals surface area (Å²) < 4.78 is 23.2. The van der Waals surface area contributed by atoms with E-state index in [0.29, 0.717) is 84.1 Å². The van der Waals surface area contributed by atoms with E-state index in [0.717, 1.165) is 90.4 Å². The van der Waals surface area contributed by atoms with Crippen LogP contribution in [0.2, 0.25) is 0 Å². The predicted octanol–water partition coefficient (Wildman–Crippen LogP) is 14.8. The van der Waals surface area contributed by atoms with Gasteiger partial charge in [0.2, 0.25) is 0 Å². The molecule has 0 radical (unpaired) electrons. The van der Waals surface area contributed by atoms with Gasteiger partial charge in [0, 0.05) is 65.2 Å². The molecule has 414 valence electrons. The fourth-order valence-corrected chi connectivity index (χ4v) is 8.86. The van der Waals surface area contributed by atoms with E-state index in [1.807, 2.05) is 9.80 Å². The molecule has 0 heterocycles. The second-order valence-electron chi connectivity index (χ2n) is 20.0. The fourth-order valence-electron chi connectivity index (χ4n) is 8.86. The first kappa shape index (κ1) is 67.4. The first-order valence-electron chi connectivity index (χ1n) is 29.8. The summed E-state index contributed by atoms with van der Waals surface area (Å²) >= 11 is 0. The summed E-state index contributed by atoms with van der Waals surface area (Å²) in [5.41, 5.74) is 0. The summed E-state index contributed by atoms with van der Waals surface area (Å²) in [4.78, 5) is 60.7. The van der Waals surface area contributed by atoms with E-state index in [1.165, 1.54) is 116 Å². The Hall–Kier alpha value is -2.60. The summed E-state index contributed by atoms with van der Waals surface area (Å²) in [6.07, 6.45) is 33.0. The van der Waals surface area contributed by atoms with Crippen LogP contribution in [0.15, 0.2) is 0 Å². The zero-order chi connectivity index (χ0) is 51.6. The molecule has 70 heavy (non-hydrogen) atoms. The molecule has 12 heteroatoms. The zero-order valence-electron chi connectivity index (χ0n) is 47.2. The van der Waals surface area contributed by atoms with Crippen LogP contribution in [0.1, 0.15) is 254 Å². The van der Waals surface area contributed by atoms with Gasteiger partial charge in [-0.3, -0.25) is 14.5 Å². The van der Waals surface area contributed by atoms with Crippen LogP contribution in [0, 0.1) is 5.92 Å². The lowest BCUT2D eigenvalue weighted by atomic mass is 9.96. The van der Waals surface area contributed by atoms with E-state index in [2.05, 4.69) is 58.3 Å². The van der Waals surface area contributed by atoms with Gasteiger partial charge in [0.25, 0.3) is 0 Å². The third kappa shape index (κ3) is 42.0. The molecule has 0 aromatic carbocycles. The minimum atomic E-state index is -0.304. The van der Waals surface area contributed by atoms with Gasteiger partial charge in [-0.15, -0.1) is 0 Å². The first-order valence-corrected chi connectivity index (χ1v) is 29.8. The van der Waals surface area contributed by atoms with Crippen molar-refractivity contribution in [2.45, 2.75) is 254 Å². The van der Waals surface area contributed by atoms with Crippen molar-refractivity contribution in [3.05, 3.63) is 0 Å². The number of hydrogen-bond donors (Lipinski definition) is 0. The van der Waals surface area contributed by atoms with E-state index >= 15 is 0 Å². The maximum atomic E-state index is 13.6. The number of likely N-dealkylation sites (N-methyl/N-ethyl adjacent to an activating group) is 1. The molecule has 0 atom stereocenters. The lowest BCUT2D eigenvalue weighted by Gasteiger charge is -2.28. The van der Waals surface area contributed by atoms with E-state index in [4.69, 9.17) is 18.9 Å². The molecule has 0 aliphatic heterocycles. The first-order chi connectivity index (χ1) is 34.2.